The van der Waals surface area contributed by atoms with Crippen LogP contribution in [0.1, 0.15) is 23.0 Å². The minimum absolute atomic E-state index is 0.175. The van der Waals surface area contributed by atoms with Crippen LogP contribution in [0.4, 0.5) is 0 Å². The molecule has 0 saturated heterocycles. The van der Waals surface area contributed by atoms with Crippen molar-refractivity contribution < 1.29 is 23.7 Å². The number of H-pyrrole nitrogens is 1. The van der Waals surface area contributed by atoms with E-state index in [0.29, 0.717) is 35.1 Å². The van der Waals surface area contributed by atoms with Crippen molar-refractivity contribution in [2.75, 3.05) is 27.9 Å². The molecule has 0 bridgehead atoms. The van der Waals surface area contributed by atoms with Crippen LogP contribution in [0, 0.1) is 0 Å². The lowest BCUT2D eigenvalue weighted by Gasteiger charge is -2.13. The predicted octanol–water partition coefficient (Wildman–Crippen LogP) is 4.34. The average Bonchev–Trinajstić information content (AvgIpc) is 3.22. The number of hydrogen-bond acceptors (Lipinski definition) is 5. The minimum Gasteiger partial charge on any atom is -0.494 e. The highest BCUT2D eigenvalue weighted by atomic mass is 16.5. The Kier molecular flexibility index (Phi) is 5.89. The maximum atomic E-state index is 13.0. The van der Waals surface area contributed by atoms with Crippen LogP contribution in [0.2, 0.25) is 0 Å². The van der Waals surface area contributed by atoms with Gasteiger partial charge in [0.05, 0.1) is 33.6 Å². The number of rotatable bonds is 8. The largest absolute Gasteiger partial charge is 0.494 e. The number of ketones is 1. The van der Waals surface area contributed by atoms with Gasteiger partial charge in [0.2, 0.25) is 11.5 Å². The highest BCUT2D eigenvalue weighted by Crippen LogP contribution is 2.38. The van der Waals surface area contributed by atoms with Gasteiger partial charge in [0, 0.05) is 17.3 Å². The number of carbonyl (C=O) groups excluding carboxylic acids is 1. The van der Waals surface area contributed by atoms with Gasteiger partial charge >= 0.3 is 0 Å². The van der Waals surface area contributed by atoms with Crippen LogP contribution in [0.3, 0.4) is 0 Å². The molecule has 3 rings (SSSR count). The Bertz CT molecular complexity index is 952. The highest BCUT2D eigenvalue weighted by molar-refractivity contribution is 6.09. The lowest BCUT2D eigenvalue weighted by molar-refractivity contribution is 0.103. The van der Waals surface area contributed by atoms with Crippen molar-refractivity contribution in [2.45, 2.75) is 6.92 Å². The Morgan fingerprint density at radius 1 is 0.929 bits per heavy atom. The summed E-state index contributed by atoms with van der Waals surface area (Å²) in [6, 6.07) is 12.8. The third-order valence-corrected chi connectivity index (χ3v) is 4.33. The number of nitrogens with one attached hydrogen (secondary N) is 1. The number of aromatic amines is 1. The first kappa shape index (κ1) is 19.4. The fourth-order valence-corrected chi connectivity index (χ4v) is 2.99. The van der Waals surface area contributed by atoms with Crippen molar-refractivity contribution in [3.8, 4) is 34.1 Å². The first-order chi connectivity index (χ1) is 13.6. The third-order valence-electron chi connectivity index (χ3n) is 4.33. The van der Waals surface area contributed by atoms with E-state index in [1.807, 2.05) is 37.3 Å². The predicted molar refractivity (Wildman–Crippen MR) is 107 cm³/mol. The van der Waals surface area contributed by atoms with E-state index < -0.39 is 0 Å². The van der Waals surface area contributed by atoms with Gasteiger partial charge in [-0.15, -0.1) is 0 Å². The molecule has 6 heteroatoms. The summed E-state index contributed by atoms with van der Waals surface area (Å²) >= 11 is 0. The molecule has 146 valence electrons. The van der Waals surface area contributed by atoms with Gasteiger partial charge < -0.3 is 23.9 Å². The molecule has 0 saturated carbocycles. The van der Waals surface area contributed by atoms with Gasteiger partial charge in [-0.2, -0.15) is 0 Å². The molecule has 0 unspecified atom stereocenters. The Morgan fingerprint density at radius 3 is 2.25 bits per heavy atom. The van der Waals surface area contributed by atoms with Crippen LogP contribution in [-0.2, 0) is 0 Å². The summed E-state index contributed by atoms with van der Waals surface area (Å²) in [6.07, 6.45) is 1.80. The smallest absolute Gasteiger partial charge is 0.209 e. The molecule has 2 aromatic carbocycles. The Labute approximate surface area is 164 Å². The van der Waals surface area contributed by atoms with E-state index in [-0.39, 0.29) is 5.78 Å². The molecule has 0 fully saturated rings. The van der Waals surface area contributed by atoms with Gasteiger partial charge in [-0.25, -0.2) is 0 Å². The number of methoxy groups -OCH3 is 3. The standard InChI is InChI=1S/C22H23NO5/c1-5-28-17-8-6-7-14(9-17)16-10-18(23-13-16)21(24)15-11-19(25-2)22(27-4)20(12-15)26-3/h6-13,23H,5H2,1-4H3. The van der Waals surface area contributed by atoms with Crippen LogP contribution >= 0.6 is 0 Å². The lowest BCUT2D eigenvalue weighted by atomic mass is 10.0. The number of ether oxygens (including phenoxy) is 4. The first-order valence-corrected chi connectivity index (χ1v) is 8.87. The van der Waals surface area contributed by atoms with E-state index in [1.165, 1.54) is 21.3 Å². The zero-order chi connectivity index (χ0) is 20.1. The van der Waals surface area contributed by atoms with Crippen LogP contribution in [0.25, 0.3) is 11.1 Å². The third kappa shape index (κ3) is 3.81. The van der Waals surface area contributed by atoms with E-state index in [2.05, 4.69) is 4.98 Å². The Balaban J connectivity index is 1.93. The molecule has 0 spiro atoms. The van der Waals surface area contributed by atoms with Crippen molar-refractivity contribution in [3.63, 3.8) is 0 Å². The topological polar surface area (TPSA) is 69.8 Å². The average molecular weight is 381 g/mol. The molecule has 28 heavy (non-hydrogen) atoms. The van der Waals surface area contributed by atoms with Crippen molar-refractivity contribution in [2.24, 2.45) is 0 Å². The van der Waals surface area contributed by atoms with E-state index in [1.54, 1.807) is 18.3 Å². The van der Waals surface area contributed by atoms with E-state index in [4.69, 9.17) is 18.9 Å². The first-order valence-electron chi connectivity index (χ1n) is 8.87. The maximum Gasteiger partial charge on any atom is 0.209 e. The van der Waals surface area contributed by atoms with Gasteiger partial charge in [-0.05, 0) is 42.8 Å². The normalized spacial score (nSPS) is 10.4. The van der Waals surface area contributed by atoms with Crippen molar-refractivity contribution in [3.05, 3.63) is 59.9 Å². The second kappa shape index (κ2) is 8.52. The molecule has 3 aromatic rings. The molecule has 1 N–H and O–H groups in total. The fourth-order valence-electron chi connectivity index (χ4n) is 2.99. The van der Waals surface area contributed by atoms with Gasteiger partial charge in [0.1, 0.15) is 5.75 Å². The summed E-state index contributed by atoms with van der Waals surface area (Å²) in [5.41, 5.74) is 2.76. The van der Waals surface area contributed by atoms with Crippen LogP contribution in [0.15, 0.2) is 48.7 Å². The molecule has 1 heterocycles. The van der Waals surface area contributed by atoms with E-state index >= 15 is 0 Å². The Hall–Kier alpha value is -3.41. The van der Waals surface area contributed by atoms with Gasteiger partial charge in [-0.3, -0.25) is 4.79 Å². The second-order valence-corrected chi connectivity index (χ2v) is 6.01. The summed E-state index contributed by atoms with van der Waals surface area (Å²) in [4.78, 5) is 16.0. The number of benzene rings is 2. The van der Waals surface area contributed by atoms with Crippen LogP contribution in [0.5, 0.6) is 23.0 Å². The van der Waals surface area contributed by atoms with E-state index in [0.717, 1.165) is 16.9 Å². The van der Waals surface area contributed by atoms with Crippen LogP contribution in [-0.4, -0.2) is 38.7 Å². The second-order valence-electron chi connectivity index (χ2n) is 6.01. The molecule has 0 amide bonds. The molecule has 0 aliphatic rings. The zero-order valence-corrected chi connectivity index (χ0v) is 16.4. The number of hydrogen-bond donors (Lipinski definition) is 1. The summed E-state index contributed by atoms with van der Waals surface area (Å²) in [6.45, 7) is 2.54. The molecule has 6 nitrogen and oxygen atoms in total. The Morgan fingerprint density at radius 2 is 1.64 bits per heavy atom. The zero-order valence-electron chi connectivity index (χ0n) is 16.4. The summed E-state index contributed by atoms with van der Waals surface area (Å²) in [7, 11) is 4.56. The minimum atomic E-state index is -0.175. The van der Waals surface area contributed by atoms with Gasteiger partial charge in [0.25, 0.3) is 0 Å². The molecular formula is C22H23NO5. The maximum absolute atomic E-state index is 13.0. The van der Waals surface area contributed by atoms with Gasteiger partial charge in [-0.1, -0.05) is 12.1 Å². The quantitative estimate of drug-likeness (QED) is 0.588. The molecule has 0 atom stereocenters. The van der Waals surface area contributed by atoms with Crippen molar-refractivity contribution in [1.29, 1.82) is 0 Å². The molecular weight excluding hydrogens is 358 g/mol. The summed E-state index contributed by atoms with van der Waals surface area (Å²) in [5, 5.41) is 0. The fraction of sp³-hybridized carbons (Fsp3) is 0.227. The SMILES string of the molecule is CCOc1cccc(-c2c[nH]c(C(=O)c3cc(OC)c(OC)c(OC)c3)c2)c1. The van der Waals surface area contributed by atoms with Crippen LogP contribution < -0.4 is 18.9 Å². The molecule has 0 aliphatic carbocycles. The molecule has 0 radical (unpaired) electrons. The van der Waals surface area contributed by atoms with E-state index in [9.17, 15) is 4.79 Å². The van der Waals surface area contributed by atoms with Crippen molar-refractivity contribution in [1.82, 2.24) is 4.98 Å². The monoisotopic (exact) mass is 381 g/mol. The lowest BCUT2D eigenvalue weighted by Crippen LogP contribution is -2.04. The number of carbonyl (C=O) groups is 1. The molecule has 1 aromatic heterocycles. The van der Waals surface area contributed by atoms with Crippen molar-refractivity contribution >= 4 is 5.78 Å². The number of aromatic nitrogens is 1. The van der Waals surface area contributed by atoms with Gasteiger partial charge in [0.15, 0.2) is 11.5 Å². The summed E-state index contributed by atoms with van der Waals surface area (Å²) < 4.78 is 21.5. The molecule has 0 aliphatic heterocycles. The highest BCUT2D eigenvalue weighted by Gasteiger charge is 2.19. The summed E-state index contributed by atoms with van der Waals surface area (Å²) in [5.74, 6) is 1.93.